The Balaban J connectivity index is 3.40. The van der Waals surface area contributed by atoms with Gasteiger partial charge in [-0.05, 0) is 12.8 Å². The van der Waals surface area contributed by atoms with Crippen molar-refractivity contribution in [1.29, 1.82) is 0 Å². The van der Waals surface area contributed by atoms with Crippen molar-refractivity contribution >= 4 is 17.7 Å². The summed E-state index contributed by atoms with van der Waals surface area (Å²) in [4.78, 5) is 10.3. The lowest BCUT2D eigenvalue weighted by molar-refractivity contribution is -0.112. The summed E-state index contributed by atoms with van der Waals surface area (Å²) in [5.74, 6) is 0. The van der Waals surface area contributed by atoms with E-state index in [9.17, 15) is 4.79 Å². The van der Waals surface area contributed by atoms with Crippen molar-refractivity contribution in [3.63, 3.8) is 0 Å². The molecule has 4 N–H and O–H groups in total. The molecule has 0 radical (unpaired) electrons. The Labute approximate surface area is 64.4 Å². The van der Waals surface area contributed by atoms with Gasteiger partial charge in [-0.15, -0.1) is 12.6 Å². The van der Waals surface area contributed by atoms with Crippen molar-refractivity contribution in [3.8, 4) is 0 Å². The Bertz CT molecular complexity index is 117. The average Bonchev–Trinajstić information content (AvgIpc) is 1.82. The first-order chi connectivity index (χ1) is 4.54. The quantitative estimate of drug-likeness (QED) is 0.313. The molecule has 0 unspecified atom stereocenters. The van der Waals surface area contributed by atoms with Gasteiger partial charge in [-0.3, -0.25) is 4.79 Å². The van der Waals surface area contributed by atoms with Crippen LogP contribution in [0.1, 0.15) is 12.8 Å². The zero-order chi connectivity index (χ0) is 8.15. The van der Waals surface area contributed by atoms with E-state index in [1.54, 1.807) is 0 Å². The van der Waals surface area contributed by atoms with Crippen LogP contribution in [0.5, 0.6) is 0 Å². The van der Waals surface area contributed by atoms with Crippen LogP contribution in [-0.2, 0) is 4.79 Å². The molecule has 0 aromatic heterocycles. The van der Waals surface area contributed by atoms with Crippen LogP contribution in [0.15, 0.2) is 0 Å². The molecule has 0 heterocycles. The van der Waals surface area contributed by atoms with Crippen molar-refractivity contribution < 1.29 is 15.0 Å². The van der Waals surface area contributed by atoms with E-state index >= 15 is 0 Å². The normalized spacial score (nSPS) is 13.7. The maximum absolute atomic E-state index is 10.3. The third-order valence-corrected chi connectivity index (χ3v) is 1.38. The molecule has 4 nitrogen and oxygen atoms in total. The summed E-state index contributed by atoms with van der Waals surface area (Å²) < 4.78 is 0. The van der Waals surface area contributed by atoms with Crippen LogP contribution in [-0.4, -0.2) is 27.7 Å². The molecule has 10 heavy (non-hydrogen) atoms. The van der Waals surface area contributed by atoms with Crippen LogP contribution in [0, 0.1) is 0 Å². The molecule has 0 saturated heterocycles. The van der Waals surface area contributed by atoms with Crippen molar-refractivity contribution in [2.45, 2.75) is 25.2 Å². The van der Waals surface area contributed by atoms with Crippen molar-refractivity contribution in [1.82, 2.24) is 0 Å². The minimum atomic E-state index is -1.39. The predicted octanol–water partition coefficient (Wildman–Crippen LogP) is -1.14. The highest BCUT2D eigenvalue weighted by atomic mass is 32.1. The summed E-state index contributed by atoms with van der Waals surface area (Å²) in [6, 6.07) is -0.690. The van der Waals surface area contributed by atoms with Crippen molar-refractivity contribution in [2.75, 3.05) is 0 Å². The van der Waals surface area contributed by atoms with Gasteiger partial charge < -0.3 is 15.9 Å². The number of rotatable bonds is 4. The van der Waals surface area contributed by atoms with Crippen LogP contribution in [0.2, 0.25) is 0 Å². The highest BCUT2D eigenvalue weighted by Crippen LogP contribution is 1.99. The number of hydrogen-bond donors (Lipinski definition) is 4. The molecule has 60 valence electrons. The second-order valence-electron chi connectivity index (χ2n) is 2.00. The van der Waals surface area contributed by atoms with Gasteiger partial charge in [0.05, 0.1) is 6.04 Å². The smallest absolute Gasteiger partial charge is 0.202 e. The lowest BCUT2D eigenvalue weighted by Gasteiger charge is -2.06. The average molecular weight is 165 g/mol. The summed E-state index contributed by atoms with van der Waals surface area (Å²) in [5.41, 5.74) is 5.22. The zero-order valence-electron chi connectivity index (χ0n) is 5.40. The Morgan fingerprint density at radius 3 is 2.30 bits per heavy atom. The number of aliphatic hydroxyl groups is 2. The van der Waals surface area contributed by atoms with Gasteiger partial charge in [-0.2, -0.15) is 0 Å². The van der Waals surface area contributed by atoms with E-state index in [4.69, 9.17) is 15.9 Å². The first kappa shape index (κ1) is 9.90. The number of carbonyl (C=O) groups is 1. The predicted molar refractivity (Wildman–Crippen MR) is 39.4 cm³/mol. The SMILES string of the molecule is N[C@H](CCC(O)O)C(=O)S. The monoisotopic (exact) mass is 165 g/mol. The minimum Gasteiger partial charge on any atom is -0.368 e. The summed E-state index contributed by atoms with van der Waals surface area (Å²) >= 11 is 3.47. The third-order valence-electron chi connectivity index (χ3n) is 1.05. The molecule has 0 aromatic carbocycles. The van der Waals surface area contributed by atoms with E-state index in [1.807, 2.05) is 0 Å². The molecule has 0 bridgehead atoms. The third kappa shape index (κ3) is 4.75. The van der Waals surface area contributed by atoms with E-state index in [2.05, 4.69) is 12.6 Å². The second-order valence-corrected chi connectivity index (χ2v) is 2.44. The van der Waals surface area contributed by atoms with Crippen molar-refractivity contribution in [3.05, 3.63) is 0 Å². The number of carbonyl (C=O) groups excluding carboxylic acids is 1. The van der Waals surface area contributed by atoms with Gasteiger partial charge in [0.25, 0.3) is 0 Å². The molecule has 5 heteroatoms. The molecule has 1 atom stereocenters. The molecular formula is C5H11NO3S. The molecule has 0 aliphatic carbocycles. The Hall–Kier alpha value is -0.100. The van der Waals surface area contributed by atoms with Gasteiger partial charge in [0.15, 0.2) is 6.29 Å². The van der Waals surface area contributed by atoms with Gasteiger partial charge in [-0.25, -0.2) is 0 Å². The van der Waals surface area contributed by atoms with Crippen LogP contribution < -0.4 is 5.73 Å². The van der Waals surface area contributed by atoms with E-state index in [0.29, 0.717) is 0 Å². The first-order valence-corrected chi connectivity index (χ1v) is 3.33. The molecule has 0 fully saturated rings. The molecule has 0 amide bonds. The lowest BCUT2D eigenvalue weighted by Crippen LogP contribution is -2.28. The van der Waals surface area contributed by atoms with Crippen LogP contribution in [0.4, 0.5) is 0 Å². The van der Waals surface area contributed by atoms with Gasteiger partial charge in [0.2, 0.25) is 5.12 Å². The number of hydrogen-bond acceptors (Lipinski definition) is 4. The molecule has 0 aromatic rings. The summed E-state index contributed by atoms with van der Waals surface area (Å²) in [6.45, 7) is 0. The van der Waals surface area contributed by atoms with E-state index < -0.39 is 17.4 Å². The molecule has 0 aliphatic heterocycles. The summed E-state index contributed by atoms with van der Waals surface area (Å²) in [7, 11) is 0. The summed E-state index contributed by atoms with van der Waals surface area (Å²) in [6.07, 6.45) is -1.04. The standard InChI is InChI=1S/C5H11NO3S/c6-3(5(9)10)1-2-4(7)8/h3-4,7-8H,1-2,6H2,(H,9,10)/t3-/m1/s1. The minimum absolute atomic E-state index is 0.105. The highest BCUT2D eigenvalue weighted by molar-refractivity contribution is 7.96. The maximum Gasteiger partial charge on any atom is 0.202 e. The molecule has 0 rings (SSSR count). The van der Waals surface area contributed by atoms with Crippen LogP contribution in [0.25, 0.3) is 0 Å². The largest absolute Gasteiger partial charge is 0.368 e. The van der Waals surface area contributed by atoms with Crippen LogP contribution >= 0.6 is 12.6 Å². The van der Waals surface area contributed by atoms with Crippen LogP contribution in [0.3, 0.4) is 0 Å². The maximum atomic E-state index is 10.3. The van der Waals surface area contributed by atoms with Gasteiger partial charge in [0.1, 0.15) is 0 Å². The van der Waals surface area contributed by atoms with Gasteiger partial charge in [0, 0.05) is 0 Å². The first-order valence-electron chi connectivity index (χ1n) is 2.88. The number of nitrogens with two attached hydrogens (primary N) is 1. The zero-order valence-corrected chi connectivity index (χ0v) is 6.29. The number of thiol groups is 1. The molecule has 0 spiro atoms. The fourth-order valence-corrected chi connectivity index (χ4v) is 0.581. The lowest BCUT2D eigenvalue weighted by atomic mass is 10.2. The Morgan fingerprint density at radius 1 is 1.50 bits per heavy atom. The Kier molecular flexibility index (Phi) is 4.63. The molecule has 0 aliphatic rings. The Morgan fingerprint density at radius 2 is 2.00 bits per heavy atom. The molecular weight excluding hydrogens is 154 g/mol. The fraction of sp³-hybridized carbons (Fsp3) is 0.800. The van der Waals surface area contributed by atoms with E-state index in [-0.39, 0.29) is 12.8 Å². The van der Waals surface area contributed by atoms with Gasteiger partial charge in [-0.1, -0.05) is 0 Å². The molecule has 0 saturated carbocycles. The number of aliphatic hydroxyl groups excluding tert-OH is 1. The van der Waals surface area contributed by atoms with E-state index in [1.165, 1.54) is 0 Å². The van der Waals surface area contributed by atoms with Crippen molar-refractivity contribution in [2.24, 2.45) is 5.73 Å². The van der Waals surface area contributed by atoms with Gasteiger partial charge >= 0.3 is 0 Å². The second kappa shape index (κ2) is 4.68. The highest BCUT2D eigenvalue weighted by Gasteiger charge is 2.09. The topological polar surface area (TPSA) is 83.6 Å². The summed E-state index contributed by atoms with van der Waals surface area (Å²) in [5, 5.41) is 16.3. The fourth-order valence-electron chi connectivity index (χ4n) is 0.452. The van der Waals surface area contributed by atoms with E-state index in [0.717, 1.165) is 0 Å².